The van der Waals surface area contributed by atoms with Crippen LogP contribution < -0.4 is 15.8 Å². The number of likely N-dealkylation sites (tertiary alicyclic amines) is 1. The van der Waals surface area contributed by atoms with Gasteiger partial charge in [-0.2, -0.15) is 4.98 Å². The Kier molecular flexibility index (Phi) is 6.93. The van der Waals surface area contributed by atoms with Gasteiger partial charge in [0.15, 0.2) is 0 Å². The summed E-state index contributed by atoms with van der Waals surface area (Å²) in [6, 6.07) is 3.89. The van der Waals surface area contributed by atoms with Gasteiger partial charge in [-0.25, -0.2) is 4.98 Å². The molecule has 0 unspecified atom stereocenters. The summed E-state index contributed by atoms with van der Waals surface area (Å²) in [5.74, 6) is 1.36. The molecule has 8 nitrogen and oxygen atoms in total. The summed E-state index contributed by atoms with van der Waals surface area (Å²) < 4.78 is 1.56. The van der Waals surface area contributed by atoms with Crippen LogP contribution in [-0.4, -0.2) is 51.5 Å². The number of rotatable bonds is 5. The maximum atomic E-state index is 12.9. The predicted octanol–water partition coefficient (Wildman–Crippen LogP) is 3.19. The van der Waals surface area contributed by atoms with Crippen LogP contribution in [0.4, 0.5) is 17.5 Å². The van der Waals surface area contributed by atoms with Crippen LogP contribution >= 0.6 is 0 Å². The molecule has 0 atom stereocenters. The molecule has 0 saturated carbocycles. The van der Waals surface area contributed by atoms with Crippen LogP contribution in [0.2, 0.25) is 0 Å². The zero-order valence-electron chi connectivity index (χ0n) is 19.7. The molecule has 174 valence electrons. The number of hydrogen-bond donors (Lipinski definition) is 1. The highest BCUT2D eigenvalue weighted by Gasteiger charge is 2.21. The van der Waals surface area contributed by atoms with Gasteiger partial charge in [0.25, 0.3) is 5.56 Å². The number of pyridine rings is 1. The number of nitrogens with zero attached hydrogens (tertiary/aromatic N) is 5. The Bertz CT molecular complexity index is 1300. The minimum Gasteiger partial charge on any atom is -0.351 e. The van der Waals surface area contributed by atoms with Crippen LogP contribution in [0.5, 0.6) is 0 Å². The third kappa shape index (κ3) is 5.26. The van der Waals surface area contributed by atoms with Crippen molar-refractivity contribution in [1.82, 2.24) is 19.4 Å². The van der Waals surface area contributed by atoms with Crippen molar-refractivity contribution in [2.24, 2.45) is 7.05 Å². The quantitative estimate of drug-likeness (QED) is 0.696. The molecule has 1 aliphatic heterocycles. The highest BCUT2D eigenvalue weighted by Crippen LogP contribution is 2.25. The summed E-state index contributed by atoms with van der Waals surface area (Å²) in [6.45, 7) is 3.07. The number of carbonyl (C=O) groups excluding carboxylic acids is 1. The molecule has 2 aromatic rings. The Morgan fingerprint density at radius 1 is 1.24 bits per heavy atom. The highest BCUT2D eigenvalue weighted by atomic mass is 16.2. The predicted molar refractivity (Wildman–Crippen MR) is 134 cm³/mol. The zero-order valence-corrected chi connectivity index (χ0v) is 19.7. The molecule has 1 N–H and O–H groups in total. The summed E-state index contributed by atoms with van der Waals surface area (Å²) in [7, 11) is 3.64. The molecule has 1 amide bonds. The lowest BCUT2D eigenvalue weighted by molar-refractivity contribution is -0.129. The molecular formula is C26H28N6O2. The summed E-state index contributed by atoms with van der Waals surface area (Å²) in [5.41, 5.74) is 8.09. The summed E-state index contributed by atoms with van der Waals surface area (Å²) in [6.07, 6.45) is 14.2. The van der Waals surface area contributed by atoms with Crippen LogP contribution in [0.25, 0.3) is 5.57 Å². The molecule has 8 heteroatoms. The zero-order chi connectivity index (χ0) is 24.1. The van der Waals surface area contributed by atoms with Gasteiger partial charge in [0, 0.05) is 58.1 Å². The standard InChI is InChI=1S/C26H28N6O2/c1-19(33)32-15-12-21(13-16-32)28-26-27-14-11-24(29-26)31(3)22-17-23(25(34)30(2)18-22)20-9-7-5-4-6-8-10-20/h4-7,10-11,14,17-18,21H,12-13,15-16H2,1-3H3,(H,27,28,29)/b5-4-. The van der Waals surface area contributed by atoms with E-state index in [1.165, 1.54) is 0 Å². The van der Waals surface area contributed by atoms with Gasteiger partial charge in [0.1, 0.15) is 5.82 Å². The molecule has 1 fully saturated rings. The highest BCUT2D eigenvalue weighted by molar-refractivity contribution is 5.76. The molecule has 34 heavy (non-hydrogen) atoms. The Balaban J connectivity index is 1.57. The normalized spacial score (nSPS) is 16.6. The minimum absolute atomic E-state index is 0.113. The fourth-order valence-corrected chi connectivity index (χ4v) is 3.96. The first kappa shape index (κ1) is 23.1. The van der Waals surface area contributed by atoms with E-state index < -0.39 is 0 Å². The number of nitrogens with one attached hydrogen (secondary N) is 1. The van der Waals surface area contributed by atoms with E-state index >= 15 is 0 Å². The number of aromatic nitrogens is 3. The van der Waals surface area contributed by atoms with E-state index in [9.17, 15) is 9.59 Å². The van der Waals surface area contributed by atoms with E-state index in [4.69, 9.17) is 4.98 Å². The van der Waals surface area contributed by atoms with E-state index in [0.29, 0.717) is 22.9 Å². The summed E-state index contributed by atoms with van der Waals surface area (Å²) in [4.78, 5) is 37.3. The van der Waals surface area contributed by atoms with Crippen molar-refractivity contribution in [2.75, 3.05) is 30.4 Å². The van der Waals surface area contributed by atoms with Crippen LogP contribution in [-0.2, 0) is 11.8 Å². The third-order valence-electron chi connectivity index (χ3n) is 5.97. The number of anilines is 3. The number of carbonyl (C=O) groups is 1. The molecule has 0 bridgehead atoms. The molecule has 1 saturated heterocycles. The SMILES string of the molecule is CC(=O)N1CCC(Nc2nccc(N(C)c3cc(C4=C=C/C=C\C=C=C4)c(=O)n(C)c3)n2)CC1. The average Bonchev–Trinajstić information content (AvgIpc) is 2.81. The van der Waals surface area contributed by atoms with Gasteiger partial charge in [-0.3, -0.25) is 9.59 Å². The second kappa shape index (κ2) is 10.2. The van der Waals surface area contributed by atoms with E-state index in [2.05, 4.69) is 21.8 Å². The molecule has 0 spiro atoms. The van der Waals surface area contributed by atoms with Gasteiger partial charge in [-0.1, -0.05) is 12.2 Å². The van der Waals surface area contributed by atoms with Crippen molar-refractivity contribution < 1.29 is 4.79 Å². The van der Waals surface area contributed by atoms with Crippen LogP contribution in [0.1, 0.15) is 25.3 Å². The van der Waals surface area contributed by atoms with Crippen molar-refractivity contribution in [3.05, 3.63) is 82.3 Å². The number of hydrogen-bond acceptors (Lipinski definition) is 6. The lowest BCUT2D eigenvalue weighted by atomic mass is 10.1. The van der Waals surface area contributed by atoms with Crippen molar-refractivity contribution in [2.45, 2.75) is 25.8 Å². The first-order chi connectivity index (χ1) is 16.4. The smallest absolute Gasteiger partial charge is 0.258 e. The van der Waals surface area contributed by atoms with Crippen molar-refractivity contribution in [1.29, 1.82) is 0 Å². The maximum Gasteiger partial charge on any atom is 0.258 e. The first-order valence-electron chi connectivity index (χ1n) is 11.3. The maximum absolute atomic E-state index is 12.9. The van der Waals surface area contributed by atoms with Crippen LogP contribution in [0.15, 0.2) is 71.2 Å². The minimum atomic E-state index is -0.113. The Labute approximate surface area is 198 Å². The number of aryl methyl sites for hydroxylation is 1. The van der Waals surface area contributed by atoms with Crippen LogP contribution in [0, 0.1) is 0 Å². The van der Waals surface area contributed by atoms with E-state index in [1.54, 1.807) is 49.2 Å². The number of piperidine rings is 1. The second-order valence-corrected chi connectivity index (χ2v) is 8.34. The van der Waals surface area contributed by atoms with E-state index in [1.807, 2.05) is 41.1 Å². The summed E-state index contributed by atoms with van der Waals surface area (Å²) >= 11 is 0. The van der Waals surface area contributed by atoms with Crippen molar-refractivity contribution in [3.8, 4) is 0 Å². The number of amides is 1. The van der Waals surface area contributed by atoms with Gasteiger partial charge in [0.05, 0.1) is 11.3 Å². The van der Waals surface area contributed by atoms with E-state index in [-0.39, 0.29) is 17.5 Å². The molecule has 2 aromatic heterocycles. The molecule has 0 radical (unpaired) electrons. The van der Waals surface area contributed by atoms with Gasteiger partial charge < -0.3 is 19.7 Å². The van der Waals surface area contributed by atoms with Gasteiger partial charge in [0.2, 0.25) is 11.9 Å². The molecule has 1 aliphatic carbocycles. The number of allylic oxidation sites excluding steroid dienone is 4. The van der Waals surface area contributed by atoms with Crippen molar-refractivity contribution >= 4 is 28.9 Å². The lowest BCUT2D eigenvalue weighted by Crippen LogP contribution is -2.41. The fourth-order valence-electron chi connectivity index (χ4n) is 3.96. The Hall–Kier alpha value is -4.12. The molecule has 2 aliphatic rings. The molecular weight excluding hydrogens is 428 g/mol. The Morgan fingerprint density at radius 2 is 2.00 bits per heavy atom. The average molecular weight is 457 g/mol. The monoisotopic (exact) mass is 456 g/mol. The van der Waals surface area contributed by atoms with Crippen molar-refractivity contribution in [3.63, 3.8) is 0 Å². The summed E-state index contributed by atoms with van der Waals surface area (Å²) in [5, 5.41) is 3.40. The van der Waals surface area contributed by atoms with Gasteiger partial charge in [-0.15, -0.1) is 11.5 Å². The lowest BCUT2D eigenvalue weighted by Gasteiger charge is -2.31. The Morgan fingerprint density at radius 3 is 2.76 bits per heavy atom. The molecule has 0 aromatic carbocycles. The first-order valence-corrected chi connectivity index (χ1v) is 11.3. The fraction of sp³-hybridized carbons (Fsp3) is 0.308. The van der Waals surface area contributed by atoms with E-state index in [0.717, 1.165) is 31.6 Å². The second-order valence-electron chi connectivity index (χ2n) is 8.34. The third-order valence-corrected chi connectivity index (χ3v) is 5.97. The van der Waals surface area contributed by atoms with Gasteiger partial charge >= 0.3 is 0 Å². The molecule has 4 rings (SSSR count). The topological polar surface area (TPSA) is 83.4 Å². The van der Waals surface area contributed by atoms with Crippen LogP contribution in [0.3, 0.4) is 0 Å². The molecule has 3 heterocycles. The largest absolute Gasteiger partial charge is 0.351 e. The van der Waals surface area contributed by atoms with Gasteiger partial charge in [-0.05, 0) is 43.2 Å².